The number of imidazole rings is 1. The summed E-state index contributed by atoms with van der Waals surface area (Å²) in [7, 11) is 3.03. The van der Waals surface area contributed by atoms with Crippen molar-refractivity contribution in [1.82, 2.24) is 14.9 Å². The van der Waals surface area contributed by atoms with Crippen molar-refractivity contribution in [2.75, 3.05) is 20.8 Å². The monoisotopic (exact) mass is 461 g/mol. The first-order valence-corrected chi connectivity index (χ1v) is 11.4. The van der Waals surface area contributed by atoms with Gasteiger partial charge in [-0.15, -0.1) is 0 Å². The van der Waals surface area contributed by atoms with E-state index in [1.165, 1.54) is 14.2 Å². The minimum atomic E-state index is -0.540. The maximum Gasteiger partial charge on any atom is 0.340 e. The van der Waals surface area contributed by atoms with Crippen molar-refractivity contribution < 1.29 is 18.7 Å². The van der Waals surface area contributed by atoms with Crippen LogP contribution in [0.4, 0.5) is 0 Å². The summed E-state index contributed by atoms with van der Waals surface area (Å²) in [5.74, 6) is 1.51. The first-order chi connectivity index (χ1) is 16.5. The second-order valence-corrected chi connectivity index (χ2v) is 8.59. The molecule has 3 heterocycles. The van der Waals surface area contributed by atoms with Crippen LogP contribution in [0.2, 0.25) is 0 Å². The number of benzene rings is 2. The molecule has 0 spiro atoms. The predicted octanol–water partition coefficient (Wildman–Crippen LogP) is 4.29. The van der Waals surface area contributed by atoms with Crippen LogP contribution in [0.15, 0.2) is 45.6 Å². The molecule has 8 heteroatoms. The number of aryl methyl sites for hydroxylation is 1. The number of aromatic nitrogens is 2. The summed E-state index contributed by atoms with van der Waals surface area (Å²) < 4.78 is 16.4. The molecule has 1 fully saturated rings. The molecule has 1 N–H and O–H groups in total. The molecular formula is C26H27N3O5. The smallest absolute Gasteiger partial charge is 0.340 e. The average molecular weight is 462 g/mol. The number of methoxy groups -OCH3 is 2. The summed E-state index contributed by atoms with van der Waals surface area (Å²) >= 11 is 0. The molecule has 0 radical (unpaired) electrons. The lowest BCUT2D eigenvalue weighted by molar-refractivity contribution is -0.134. The number of nitrogens with zero attached hydrogens (tertiary/aromatic N) is 2. The van der Waals surface area contributed by atoms with E-state index in [0.29, 0.717) is 40.1 Å². The van der Waals surface area contributed by atoms with Crippen LogP contribution >= 0.6 is 0 Å². The van der Waals surface area contributed by atoms with Crippen LogP contribution < -0.4 is 15.1 Å². The molecule has 1 saturated heterocycles. The number of hydrogen-bond donors (Lipinski definition) is 1. The van der Waals surface area contributed by atoms with Crippen LogP contribution in [-0.4, -0.2) is 41.5 Å². The Kier molecular flexibility index (Phi) is 5.73. The number of hydrogen-bond acceptors (Lipinski definition) is 6. The Labute approximate surface area is 196 Å². The predicted molar refractivity (Wildman–Crippen MR) is 128 cm³/mol. The van der Waals surface area contributed by atoms with Gasteiger partial charge in [0.15, 0.2) is 11.3 Å². The van der Waals surface area contributed by atoms with E-state index in [0.717, 1.165) is 36.1 Å². The number of carbonyl (C=O) groups excluding carboxylic acids is 1. The number of amides is 1. The Morgan fingerprint density at radius 1 is 1.18 bits per heavy atom. The maximum atomic E-state index is 13.5. The molecule has 176 valence electrons. The molecular weight excluding hydrogens is 434 g/mol. The van der Waals surface area contributed by atoms with Gasteiger partial charge in [-0.05, 0) is 56.0 Å². The molecule has 1 aliphatic heterocycles. The number of likely N-dealkylation sites (tertiary alicyclic amines) is 1. The lowest BCUT2D eigenvalue weighted by atomic mass is 9.98. The highest BCUT2D eigenvalue weighted by Gasteiger charge is 2.31. The van der Waals surface area contributed by atoms with Crippen molar-refractivity contribution in [3.05, 3.63) is 63.8 Å². The third-order valence-electron chi connectivity index (χ3n) is 6.67. The summed E-state index contributed by atoms with van der Waals surface area (Å²) in [5, 5.41) is 0.715. The van der Waals surface area contributed by atoms with Gasteiger partial charge in [-0.2, -0.15) is 0 Å². The molecule has 1 amide bonds. The van der Waals surface area contributed by atoms with Gasteiger partial charge in [0.25, 0.3) is 0 Å². The molecule has 0 aliphatic carbocycles. The van der Waals surface area contributed by atoms with E-state index in [-0.39, 0.29) is 18.4 Å². The Morgan fingerprint density at radius 3 is 2.76 bits per heavy atom. The second-order valence-electron chi connectivity index (χ2n) is 8.59. The number of nitrogens with one attached hydrogen (secondary N) is 1. The molecule has 8 nitrogen and oxygen atoms in total. The van der Waals surface area contributed by atoms with Crippen molar-refractivity contribution in [2.45, 2.75) is 38.6 Å². The molecule has 1 aliphatic rings. The fraction of sp³-hybridized carbons (Fsp3) is 0.346. The Morgan fingerprint density at radius 2 is 2.00 bits per heavy atom. The van der Waals surface area contributed by atoms with E-state index in [1.54, 1.807) is 6.07 Å². The number of H-pyrrole nitrogens is 1. The fourth-order valence-electron chi connectivity index (χ4n) is 4.87. The number of para-hydroxylation sites is 2. The third kappa shape index (κ3) is 3.69. The van der Waals surface area contributed by atoms with Gasteiger partial charge in [-0.3, -0.25) is 4.79 Å². The summed E-state index contributed by atoms with van der Waals surface area (Å²) in [6.45, 7) is 2.46. The van der Waals surface area contributed by atoms with Gasteiger partial charge in [0, 0.05) is 11.9 Å². The van der Waals surface area contributed by atoms with Crippen molar-refractivity contribution in [2.24, 2.45) is 0 Å². The molecule has 1 atom stereocenters. The zero-order valence-electron chi connectivity index (χ0n) is 19.5. The first kappa shape index (κ1) is 22.0. The van der Waals surface area contributed by atoms with Gasteiger partial charge < -0.3 is 23.8 Å². The second kappa shape index (κ2) is 8.85. The Bertz CT molecular complexity index is 1400. The lowest BCUT2D eigenvalue weighted by Gasteiger charge is -2.34. The first-order valence-electron chi connectivity index (χ1n) is 11.4. The highest BCUT2D eigenvalue weighted by molar-refractivity contribution is 5.90. The third-order valence-corrected chi connectivity index (χ3v) is 6.67. The van der Waals surface area contributed by atoms with Gasteiger partial charge in [0.05, 0.1) is 43.3 Å². The van der Waals surface area contributed by atoms with Crippen LogP contribution in [0.3, 0.4) is 0 Å². The zero-order chi connectivity index (χ0) is 23.8. The fourth-order valence-corrected chi connectivity index (χ4v) is 4.87. The van der Waals surface area contributed by atoms with E-state index >= 15 is 0 Å². The SMILES string of the molecule is COc1ccc2c(C)c(CC(=O)N3CCCC[C@@H]3c3nc4ccccc4[nH]3)c(=O)oc2c1OC. The van der Waals surface area contributed by atoms with Crippen molar-refractivity contribution in [1.29, 1.82) is 0 Å². The van der Waals surface area contributed by atoms with E-state index in [2.05, 4.69) is 4.98 Å². The van der Waals surface area contributed by atoms with E-state index in [1.807, 2.05) is 42.2 Å². The van der Waals surface area contributed by atoms with Crippen LogP contribution in [0, 0.1) is 6.92 Å². The molecule has 0 saturated carbocycles. The average Bonchev–Trinajstić information content (AvgIpc) is 3.30. The highest BCUT2D eigenvalue weighted by Crippen LogP contribution is 2.37. The largest absolute Gasteiger partial charge is 0.493 e. The molecule has 0 bridgehead atoms. The van der Waals surface area contributed by atoms with Crippen LogP contribution in [-0.2, 0) is 11.2 Å². The number of ether oxygens (including phenoxy) is 2. The van der Waals surface area contributed by atoms with E-state index in [4.69, 9.17) is 18.9 Å². The van der Waals surface area contributed by atoms with Crippen molar-refractivity contribution in [3.8, 4) is 11.5 Å². The van der Waals surface area contributed by atoms with Crippen LogP contribution in [0.25, 0.3) is 22.0 Å². The zero-order valence-corrected chi connectivity index (χ0v) is 19.5. The summed E-state index contributed by atoms with van der Waals surface area (Å²) in [5.41, 5.74) is 2.68. The molecule has 2 aromatic carbocycles. The van der Waals surface area contributed by atoms with Gasteiger partial charge in [0.1, 0.15) is 5.82 Å². The highest BCUT2D eigenvalue weighted by atomic mass is 16.5. The molecule has 5 rings (SSSR count). The molecule has 0 unspecified atom stereocenters. The summed E-state index contributed by atoms with van der Waals surface area (Å²) in [4.78, 5) is 36.4. The topological polar surface area (TPSA) is 97.7 Å². The molecule has 34 heavy (non-hydrogen) atoms. The van der Waals surface area contributed by atoms with Gasteiger partial charge in [-0.25, -0.2) is 9.78 Å². The standard InChI is InChI=1S/C26H27N3O5/c1-15-16-11-12-21(32-2)24(33-3)23(16)34-26(31)17(15)14-22(30)29-13-7-6-10-20(29)25-27-18-8-4-5-9-19(18)28-25/h4-5,8-9,11-12,20H,6-7,10,13-14H2,1-3H3,(H,27,28)/t20-/m1/s1. The number of aromatic amines is 1. The summed E-state index contributed by atoms with van der Waals surface area (Å²) in [6.07, 6.45) is 2.73. The number of carbonyl (C=O) groups is 1. The van der Waals surface area contributed by atoms with E-state index < -0.39 is 5.63 Å². The normalized spacial score (nSPS) is 16.2. The van der Waals surface area contributed by atoms with Gasteiger partial charge in [-0.1, -0.05) is 12.1 Å². The Hall–Kier alpha value is -3.81. The van der Waals surface area contributed by atoms with Crippen molar-refractivity contribution in [3.63, 3.8) is 0 Å². The quantitative estimate of drug-likeness (QED) is 0.445. The lowest BCUT2D eigenvalue weighted by Crippen LogP contribution is -2.40. The number of piperidine rings is 1. The minimum absolute atomic E-state index is 0.0326. The Balaban J connectivity index is 1.49. The molecule has 4 aromatic rings. The number of fused-ring (bicyclic) bond motifs is 2. The minimum Gasteiger partial charge on any atom is -0.493 e. The summed E-state index contributed by atoms with van der Waals surface area (Å²) in [6, 6.07) is 11.3. The number of rotatable bonds is 5. The van der Waals surface area contributed by atoms with Crippen molar-refractivity contribution >= 4 is 27.9 Å². The van der Waals surface area contributed by atoms with Crippen LogP contribution in [0.5, 0.6) is 11.5 Å². The van der Waals surface area contributed by atoms with Crippen LogP contribution in [0.1, 0.15) is 42.3 Å². The van der Waals surface area contributed by atoms with Gasteiger partial charge in [0.2, 0.25) is 11.7 Å². The maximum absolute atomic E-state index is 13.5. The molecule has 2 aromatic heterocycles. The van der Waals surface area contributed by atoms with E-state index in [9.17, 15) is 9.59 Å². The van der Waals surface area contributed by atoms with Gasteiger partial charge >= 0.3 is 5.63 Å².